The number of fused-ring (bicyclic) bond motifs is 1. The molecule has 1 aliphatic rings. The van der Waals surface area contributed by atoms with E-state index in [-0.39, 0.29) is 10.8 Å². The van der Waals surface area contributed by atoms with Crippen molar-refractivity contribution in [2.45, 2.75) is 13.2 Å². The van der Waals surface area contributed by atoms with Gasteiger partial charge in [0.25, 0.3) is 0 Å². The van der Waals surface area contributed by atoms with Crippen molar-refractivity contribution >= 4 is 17.4 Å². The summed E-state index contributed by atoms with van der Waals surface area (Å²) in [5, 5.41) is 0.0129. The first kappa shape index (κ1) is 12.3. The fraction of sp³-hybridized carbons (Fsp3) is 0.133. The molecule has 0 bridgehead atoms. The van der Waals surface area contributed by atoms with Gasteiger partial charge in [0.05, 0.1) is 18.2 Å². The number of ether oxygens (including phenoxy) is 1. The lowest BCUT2D eigenvalue weighted by atomic mass is 9.99. The van der Waals surface area contributed by atoms with E-state index < -0.39 is 5.82 Å². The molecule has 0 saturated carbocycles. The standard InChI is InChI=1S/C15H10ClFO2/c16-13-4-3-10(6-14(13)17)15(18)9-1-2-11-7-19-8-12(11)5-9/h1-6H,7-8H2. The predicted octanol–water partition coefficient (Wildman–Crippen LogP) is 3.74. The topological polar surface area (TPSA) is 26.3 Å². The maximum absolute atomic E-state index is 13.4. The summed E-state index contributed by atoms with van der Waals surface area (Å²) in [5.74, 6) is -0.803. The van der Waals surface area contributed by atoms with Gasteiger partial charge < -0.3 is 4.74 Å². The molecule has 2 aromatic rings. The first-order chi connectivity index (χ1) is 9.15. The van der Waals surface area contributed by atoms with Gasteiger partial charge in [-0.2, -0.15) is 0 Å². The van der Waals surface area contributed by atoms with Crippen molar-refractivity contribution in [3.8, 4) is 0 Å². The van der Waals surface area contributed by atoms with Crippen LogP contribution in [0, 0.1) is 5.82 Å². The number of halogens is 2. The van der Waals surface area contributed by atoms with Crippen LogP contribution in [0.3, 0.4) is 0 Å². The van der Waals surface area contributed by atoms with Crippen LogP contribution in [-0.2, 0) is 18.0 Å². The number of carbonyl (C=O) groups excluding carboxylic acids is 1. The van der Waals surface area contributed by atoms with Crippen LogP contribution in [0.25, 0.3) is 0 Å². The minimum Gasteiger partial charge on any atom is -0.372 e. The number of carbonyl (C=O) groups is 1. The Balaban J connectivity index is 1.97. The molecule has 0 atom stereocenters. The molecule has 0 fully saturated rings. The number of ketones is 1. The van der Waals surface area contributed by atoms with Crippen molar-refractivity contribution < 1.29 is 13.9 Å². The van der Waals surface area contributed by atoms with Crippen molar-refractivity contribution in [1.82, 2.24) is 0 Å². The lowest BCUT2D eigenvalue weighted by Crippen LogP contribution is -2.03. The molecule has 1 aliphatic heterocycles. The first-order valence-electron chi connectivity index (χ1n) is 5.84. The van der Waals surface area contributed by atoms with Gasteiger partial charge in [-0.1, -0.05) is 23.7 Å². The quantitative estimate of drug-likeness (QED) is 0.781. The highest BCUT2D eigenvalue weighted by atomic mass is 35.5. The summed E-state index contributed by atoms with van der Waals surface area (Å²) < 4.78 is 18.7. The molecule has 0 unspecified atom stereocenters. The zero-order chi connectivity index (χ0) is 13.4. The Labute approximate surface area is 114 Å². The van der Waals surface area contributed by atoms with Crippen molar-refractivity contribution in [3.63, 3.8) is 0 Å². The van der Waals surface area contributed by atoms with E-state index >= 15 is 0 Å². The molecular formula is C15H10ClFO2. The second-order valence-corrected chi connectivity index (χ2v) is 4.84. The molecule has 4 heteroatoms. The Morgan fingerprint density at radius 3 is 2.53 bits per heavy atom. The second kappa shape index (κ2) is 4.76. The van der Waals surface area contributed by atoms with Crippen LogP contribution < -0.4 is 0 Å². The summed E-state index contributed by atoms with van der Waals surface area (Å²) in [5.41, 5.74) is 2.94. The zero-order valence-corrected chi connectivity index (χ0v) is 10.7. The van der Waals surface area contributed by atoms with Gasteiger partial charge in [-0.15, -0.1) is 0 Å². The van der Waals surface area contributed by atoms with Gasteiger partial charge in [0.1, 0.15) is 5.82 Å². The molecule has 0 N–H and O–H groups in total. The van der Waals surface area contributed by atoms with Crippen LogP contribution in [0.15, 0.2) is 36.4 Å². The van der Waals surface area contributed by atoms with Crippen LogP contribution >= 0.6 is 11.6 Å². The molecule has 96 valence electrons. The zero-order valence-electron chi connectivity index (χ0n) is 9.95. The summed E-state index contributed by atoms with van der Waals surface area (Å²) in [6.07, 6.45) is 0. The third-order valence-electron chi connectivity index (χ3n) is 3.17. The SMILES string of the molecule is O=C(c1ccc(Cl)c(F)c1)c1ccc2c(c1)COC2. The van der Waals surface area contributed by atoms with Gasteiger partial charge in [0.15, 0.2) is 5.78 Å². The van der Waals surface area contributed by atoms with Crippen molar-refractivity contribution in [2.75, 3.05) is 0 Å². The number of rotatable bonds is 2. The Hall–Kier alpha value is -1.71. The van der Waals surface area contributed by atoms with E-state index in [1.165, 1.54) is 12.1 Å². The molecule has 19 heavy (non-hydrogen) atoms. The molecule has 2 nitrogen and oxygen atoms in total. The number of hydrogen-bond donors (Lipinski definition) is 0. The predicted molar refractivity (Wildman–Crippen MR) is 69.8 cm³/mol. The van der Waals surface area contributed by atoms with Gasteiger partial charge in [-0.05, 0) is 35.4 Å². The fourth-order valence-corrected chi connectivity index (χ4v) is 2.23. The van der Waals surface area contributed by atoms with Gasteiger partial charge >= 0.3 is 0 Å². The highest BCUT2D eigenvalue weighted by Crippen LogP contribution is 2.23. The molecule has 2 aromatic carbocycles. The van der Waals surface area contributed by atoms with Crippen LogP contribution in [0.5, 0.6) is 0 Å². The molecule has 1 heterocycles. The minimum absolute atomic E-state index is 0.0129. The molecule has 0 radical (unpaired) electrons. The molecule has 0 aliphatic carbocycles. The number of hydrogen-bond acceptors (Lipinski definition) is 2. The molecule has 0 spiro atoms. The smallest absolute Gasteiger partial charge is 0.193 e. The average Bonchev–Trinajstić information content (AvgIpc) is 2.88. The monoisotopic (exact) mass is 276 g/mol. The Morgan fingerprint density at radius 2 is 1.74 bits per heavy atom. The third-order valence-corrected chi connectivity index (χ3v) is 3.47. The van der Waals surface area contributed by atoms with Gasteiger partial charge in [0.2, 0.25) is 0 Å². The van der Waals surface area contributed by atoms with E-state index in [0.717, 1.165) is 17.2 Å². The van der Waals surface area contributed by atoms with Crippen LogP contribution in [0.1, 0.15) is 27.0 Å². The summed E-state index contributed by atoms with van der Waals surface area (Å²) >= 11 is 5.61. The largest absolute Gasteiger partial charge is 0.372 e. The number of benzene rings is 2. The lowest BCUT2D eigenvalue weighted by molar-refractivity contribution is 0.103. The minimum atomic E-state index is -0.586. The summed E-state index contributed by atoms with van der Waals surface area (Å²) in [7, 11) is 0. The maximum Gasteiger partial charge on any atom is 0.193 e. The summed E-state index contributed by atoms with van der Waals surface area (Å²) in [6, 6.07) is 9.49. The van der Waals surface area contributed by atoms with Gasteiger partial charge in [0, 0.05) is 11.1 Å². The summed E-state index contributed by atoms with van der Waals surface area (Å²) in [4.78, 5) is 12.3. The van der Waals surface area contributed by atoms with E-state index in [1.54, 1.807) is 12.1 Å². The Kier molecular flexibility index (Phi) is 3.09. The Bertz CT molecular complexity index is 667. The highest BCUT2D eigenvalue weighted by Gasteiger charge is 2.16. The van der Waals surface area contributed by atoms with E-state index in [0.29, 0.717) is 24.3 Å². The van der Waals surface area contributed by atoms with Crippen molar-refractivity contribution in [2.24, 2.45) is 0 Å². The maximum atomic E-state index is 13.4. The normalized spacial score (nSPS) is 13.4. The fourth-order valence-electron chi connectivity index (χ4n) is 2.12. The van der Waals surface area contributed by atoms with E-state index in [9.17, 15) is 9.18 Å². The highest BCUT2D eigenvalue weighted by molar-refractivity contribution is 6.30. The van der Waals surface area contributed by atoms with Gasteiger partial charge in [-0.3, -0.25) is 4.79 Å². The van der Waals surface area contributed by atoms with Gasteiger partial charge in [-0.25, -0.2) is 4.39 Å². The van der Waals surface area contributed by atoms with Crippen LogP contribution in [0.4, 0.5) is 4.39 Å². The molecule has 0 saturated heterocycles. The van der Waals surface area contributed by atoms with E-state index in [1.807, 2.05) is 6.07 Å². The molecule has 0 aromatic heterocycles. The summed E-state index contributed by atoms with van der Waals surface area (Å²) in [6.45, 7) is 1.10. The van der Waals surface area contributed by atoms with Crippen molar-refractivity contribution in [3.05, 3.63) is 69.5 Å². The van der Waals surface area contributed by atoms with Crippen molar-refractivity contribution in [1.29, 1.82) is 0 Å². The van der Waals surface area contributed by atoms with Crippen LogP contribution in [-0.4, -0.2) is 5.78 Å². The third kappa shape index (κ3) is 2.27. The lowest BCUT2D eigenvalue weighted by Gasteiger charge is -2.04. The molecule has 0 amide bonds. The Morgan fingerprint density at radius 1 is 1.05 bits per heavy atom. The van der Waals surface area contributed by atoms with Crippen LogP contribution in [0.2, 0.25) is 5.02 Å². The second-order valence-electron chi connectivity index (χ2n) is 4.43. The van der Waals surface area contributed by atoms with E-state index in [4.69, 9.17) is 16.3 Å². The average molecular weight is 277 g/mol. The van der Waals surface area contributed by atoms with E-state index in [2.05, 4.69) is 0 Å². The molecular weight excluding hydrogens is 267 g/mol. The first-order valence-corrected chi connectivity index (χ1v) is 6.22. The molecule has 3 rings (SSSR count).